The molecule has 2 aliphatic heterocycles. The number of allylic oxidation sites excluding steroid dienone is 11. The van der Waals surface area contributed by atoms with E-state index in [1.54, 1.807) is 48.2 Å². The second kappa shape index (κ2) is 17.0. The number of aldehydes is 4. The molecule has 3 unspecified atom stereocenters. The summed E-state index contributed by atoms with van der Waals surface area (Å²) < 4.78 is -1.50. The summed E-state index contributed by atoms with van der Waals surface area (Å²) in [6, 6.07) is 38.8. The molecule has 0 radical (unpaired) electrons. The first kappa shape index (κ1) is 38.0. The molecule has 0 saturated carbocycles. The van der Waals surface area contributed by atoms with Crippen LogP contribution in [0.25, 0.3) is 14.7 Å². The van der Waals surface area contributed by atoms with E-state index in [0.29, 0.717) is 46.3 Å². The summed E-state index contributed by atoms with van der Waals surface area (Å²) in [6.07, 6.45) is 16.8. The molecule has 3 aliphatic rings. The molecule has 7 rings (SSSR count). The molecule has 0 N–H and O–H groups in total. The second-order valence-electron chi connectivity index (χ2n) is 13.5. The lowest BCUT2D eigenvalue weighted by atomic mass is 9.63. The Kier molecular flexibility index (Phi) is 11.8. The van der Waals surface area contributed by atoms with Gasteiger partial charge in [-0.15, -0.1) is 11.8 Å². The van der Waals surface area contributed by atoms with Crippen LogP contribution in [0.15, 0.2) is 185 Å². The number of halogens is 1. The van der Waals surface area contributed by atoms with Gasteiger partial charge >= 0.3 is 0 Å². The summed E-state index contributed by atoms with van der Waals surface area (Å²) in [5.41, 5.74) is 4.63. The molecule has 2 heterocycles. The minimum Gasteiger partial charge on any atom is -0.303 e. The standard InChI is InChI=1S/C48H37ClO4S2/c49-45-37(25-24-34-28-42(35-14-5-1-6-15-35)54-43(29-34)36-16-7-2-8-17-36)20-13-21-38(45)26-27-47(32-52)41(30-50)46(39-18-9-3-10-19-39)55-48(33-53,44(47)31-51)40-22-11-4-12-23-40/h1-12,14-19,22-33,44H,13,20-21H2. The van der Waals surface area contributed by atoms with E-state index in [0.717, 1.165) is 68.5 Å². The molecule has 1 aliphatic carbocycles. The number of hydrogen-bond donors (Lipinski definition) is 0. The summed E-state index contributed by atoms with van der Waals surface area (Å²) in [7, 11) is 0. The Hall–Kier alpha value is -5.27. The molecule has 0 bridgehead atoms. The minimum atomic E-state index is -1.76. The van der Waals surface area contributed by atoms with Crippen LogP contribution in [0.5, 0.6) is 0 Å². The molecule has 0 fully saturated rings. The van der Waals surface area contributed by atoms with Gasteiger partial charge in [0.2, 0.25) is 0 Å². The quantitative estimate of drug-likeness (QED) is 0.141. The SMILES string of the molecule is O=CC1=C(c2ccccc2)SC(C=O)(c2ccccc2)C(C=O)C1(C=O)C=CC1=C(Cl)C(=CC=C2C=C(c3ccccc3)SC(c3ccccc3)=C2)CCC1. The Morgan fingerprint density at radius 2 is 1.22 bits per heavy atom. The molecule has 0 saturated heterocycles. The Bertz CT molecular complexity index is 2260. The second-order valence-corrected chi connectivity index (χ2v) is 16.3. The molecular weight excluding hydrogens is 740 g/mol. The normalized spacial score (nSPS) is 23.6. The average molecular weight is 777 g/mol. The van der Waals surface area contributed by atoms with Crippen molar-refractivity contribution in [3.8, 4) is 0 Å². The summed E-state index contributed by atoms with van der Waals surface area (Å²) in [5.74, 6) is -1.23. The molecule has 0 amide bonds. The highest BCUT2D eigenvalue weighted by Gasteiger charge is 2.58. The first-order chi connectivity index (χ1) is 27.0. The molecule has 4 nitrogen and oxygen atoms in total. The molecule has 7 heteroatoms. The number of thioether (sulfide) groups is 2. The molecule has 55 heavy (non-hydrogen) atoms. The van der Waals surface area contributed by atoms with Gasteiger partial charge in [0.05, 0.1) is 11.3 Å². The first-order valence-electron chi connectivity index (χ1n) is 18.1. The number of carbonyl (C=O) groups excluding carboxylic acids is 4. The first-order valence-corrected chi connectivity index (χ1v) is 20.1. The highest BCUT2D eigenvalue weighted by molar-refractivity contribution is 8.16. The minimum absolute atomic E-state index is 0.130. The number of carbonyl (C=O) groups is 4. The Morgan fingerprint density at radius 1 is 0.655 bits per heavy atom. The summed E-state index contributed by atoms with van der Waals surface area (Å²) in [5, 5.41) is 0.558. The van der Waals surface area contributed by atoms with E-state index in [-0.39, 0.29) is 5.57 Å². The van der Waals surface area contributed by atoms with Crippen LogP contribution in [-0.4, -0.2) is 25.1 Å². The number of rotatable bonds is 11. The van der Waals surface area contributed by atoms with Crippen molar-refractivity contribution in [2.75, 3.05) is 0 Å². The number of hydrogen-bond acceptors (Lipinski definition) is 6. The van der Waals surface area contributed by atoms with Gasteiger partial charge in [0.15, 0.2) is 0 Å². The van der Waals surface area contributed by atoms with Crippen molar-refractivity contribution in [1.82, 2.24) is 0 Å². The Morgan fingerprint density at radius 3 is 1.75 bits per heavy atom. The monoisotopic (exact) mass is 776 g/mol. The van der Waals surface area contributed by atoms with Gasteiger partial charge in [-0.1, -0.05) is 169 Å². The fourth-order valence-corrected chi connectivity index (χ4v) is 10.5. The average Bonchev–Trinajstić information content (AvgIpc) is 3.26. The van der Waals surface area contributed by atoms with Gasteiger partial charge in [-0.3, -0.25) is 4.79 Å². The molecule has 272 valence electrons. The van der Waals surface area contributed by atoms with Crippen molar-refractivity contribution in [3.63, 3.8) is 0 Å². The van der Waals surface area contributed by atoms with Crippen molar-refractivity contribution in [3.05, 3.63) is 207 Å². The van der Waals surface area contributed by atoms with Crippen LogP contribution in [0, 0.1) is 11.3 Å². The van der Waals surface area contributed by atoms with E-state index in [4.69, 9.17) is 11.6 Å². The zero-order valence-corrected chi connectivity index (χ0v) is 32.2. The lowest BCUT2D eigenvalue weighted by Gasteiger charge is -2.47. The maximum Gasteiger partial charge on any atom is 0.148 e. The van der Waals surface area contributed by atoms with Crippen molar-refractivity contribution in [2.24, 2.45) is 11.3 Å². The topological polar surface area (TPSA) is 68.3 Å². The zero-order valence-electron chi connectivity index (χ0n) is 29.8. The molecule has 0 aromatic heterocycles. The fraction of sp³-hybridized carbons (Fsp3) is 0.125. The Balaban J connectivity index is 1.32. The maximum absolute atomic E-state index is 13.6. The molecule has 4 aromatic carbocycles. The van der Waals surface area contributed by atoms with Crippen LogP contribution in [0.4, 0.5) is 0 Å². The van der Waals surface area contributed by atoms with Crippen molar-refractivity contribution in [1.29, 1.82) is 0 Å². The largest absolute Gasteiger partial charge is 0.303 e. The number of benzene rings is 4. The summed E-state index contributed by atoms with van der Waals surface area (Å²) in [4.78, 5) is 56.0. The van der Waals surface area contributed by atoms with E-state index in [1.807, 2.05) is 72.8 Å². The highest BCUT2D eigenvalue weighted by atomic mass is 35.5. The third kappa shape index (κ3) is 7.55. The van der Waals surface area contributed by atoms with Gasteiger partial charge in [-0.05, 0) is 70.4 Å². The van der Waals surface area contributed by atoms with Gasteiger partial charge < -0.3 is 14.4 Å². The van der Waals surface area contributed by atoms with Gasteiger partial charge in [0.25, 0.3) is 0 Å². The van der Waals surface area contributed by atoms with Crippen molar-refractivity contribution in [2.45, 2.75) is 24.0 Å². The molecule has 3 atom stereocenters. The van der Waals surface area contributed by atoms with Crippen LogP contribution in [0.2, 0.25) is 0 Å². The van der Waals surface area contributed by atoms with Crippen LogP contribution >= 0.6 is 35.1 Å². The summed E-state index contributed by atoms with van der Waals surface area (Å²) >= 11 is 10.0. The van der Waals surface area contributed by atoms with Crippen LogP contribution in [0.1, 0.15) is 41.5 Å². The van der Waals surface area contributed by atoms with Gasteiger partial charge in [0.1, 0.15) is 29.9 Å². The lowest BCUT2D eigenvalue weighted by molar-refractivity contribution is -0.126. The van der Waals surface area contributed by atoms with Gasteiger partial charge in [0, 0.05) is 25.3 Å². The third-order valence-electron chi connectivity index (χ3n) is 10.3. The van der Waals surface area contributed by atoms with Crippen molar-refractivity contribution < 1.29 is 19.2 Å². The van der Waals surface area contributed by atoms with Crippen LogP contribution < -0.4 is 0 Å². The van der Waals surface area contributed by atoms with Crippen LogP contribution in [-0.2, 0) is 23.9 Å². The van der Waals surface area contributed by atoms with E-state index in [9.17, 15) is 19.2 Å². The van der Waals surface area contributed by atoms with E-state index >= 15 is 0 Å². The van der Waals surface area contributed by atoms with Crippen molar-refractivity contribution >= 4 is 75.0 Å². The summed E-state index contributed by atoms with van der Waals surface area (Å²) in [6.45, 7) is 0. The lowest BCUT2D eigenvalue weighted by Crippen LogP contribution is -2.50. The molecule has 0 spiro atoms. The fourth-order valence-electron chi connectivity index (χ4n) is 7.40. The smallest absolute Gasteiger partial charge is 0.148 e. The predicted octanol–water partition coefficient (Wildman–Crippen LogP) is 11.4. The van der Waals surface area contributed by atoms with Gasteiger partial charge in [-0.2, -0.15) is 0 Å². The molecular formula is C48H37ClO4S2. The van der Waals surface area contributed by atoms with E-state index in [1.165, 1.54) is 0 Å². The highest BCUT2D eigenvalue weighted by Crippen LogP contribution is 2.61. The maximum atomic E-state index is 13.6. The predicted molar refractivity (Wildman–Crippen MR) is 228 cm³/mol. The van der Waals surface area contributed by atoms with Crippen LogP contribution in [0.3, 0.4) is 0 Å². The Labute approximate surface area is 335 Å². The molecule has 4 aromatic rings. The zero-order chi connectivity index (χ0) is 38.3. The van der Waals surface area contributed by atoms with Gasteiger partial charge in [-0.25, -0.2) is 0 Å². The third-order valence-corrected chi connectivity index (χ3v) is 13.5. The van der Waals surface area contributed by atoms with E-state index < -0.39 is 16.1 Å². The van der Waals surface area contributed by atoms with E-state index in [2.05, 4.69) is 48.6 Å².